The van der Waals surface area contributed by atoms with E-state index in [4.69, 9.17) is 5.26 Å². The van der Waals surface area contributed by atoms with Gasteiger partial charge in [0.05, 0.1) is 6.61 Å². The average Bonchev–Trinajstić information content (AvgIpc) is 2.04. The van der Waals surface area contributed by atoms with Crippen LogP contribution in [0.25, 0.3) is 0 Å². The first-order valence-corrected chi connectivity index (χ1v) is 3.48. The Bertz CT molecular complexity index is 301. The normalized spacial score (nSPS) is 12.8. The third-order valence-corrected chi connectivity index (χ3v) is 1.17. The number of hydrogen-bond acceptors (Lipinski definition) is 4. The maximum Gasteiger partial charge on any atom is 0.432 e. The van der Waals surface area contributed by atoms with Gasteiger partial charge in [-0.1, -0.05) is 0 Å². The van der Waals surface area contributed by atoms with Gasteiger partial charge in [0.1, 0.15) is 11.8 Å². The highest BCUT2D eigenvalue weighted by atomic mass is 19.4. The van der Waals surface area contributed by atoms with Crippen LogP contribution in [-0.2, 0) is 9.53 Å². The molecule has 7 heteroatoms. The number of esters is 1. The van der Waals surface area contributed by atoms with Crippen molar-refractivity contribution in [2.24, 2.45) is 5.73 Å². The second kappa shape index (κ2) is 4.50. The Hall–Kier alpha value is -1.71. The Morgan fingerprint density at radius 1 is 1.57 bits per heavy atom. The maximum absolute atomic E-state index is 11.9. The van der Waals surface area contributed by atoms with Gasteiger partial charge in [-0.15, -0.1) is 0 Å². The summed E-state index contributed by atoms with van der Waals surface area (Å²) in [6.07, 6.45) is -4.90. The lowest BCUT2D eigenvalue weighted by Crippen LogP contribution is -2.25. The largest absolute Gasteiger partial charge is 0.462 e. The molecule has 0 aromatic heterocycles. The van der Waals surface area contributed by atoms with E-state index in [1.165, 1.54) is 6.92 Å². The lowest BCUT2D eigenvalue weighted by molar-refractivity contribution is -0.139. The number of ether oxygens (including phenoxy) is 1. The van der Waals surface area contributed by atoms with Crippen LogP contribution >= 0.6 is 0 Å². The third kappa shape index (κ3) is 2.97. The first-order valence-electron chi connectivity index (χ1n) is 3.48. The molecule has 78 valence electrons. The van der Waals surface area contributed by atoms with Gasteiger partial charge in [0, 0.05) is 0 Å². The highest BCUT2D eigenvalue weighted by molar-refractivity contribution is 5.93. The molecule has 0 saturated heterocycles. The minimum absolute atomic E-state index is 0.130. The first kappa shape index (κ1) is 12.3. The molecule has 0 aromatic rings. The van der Waals surface area contributed by atoms with E-state index in [9.17, 15) is 18.0 Å². The van der Waals surface area contributed by atoms with E-state index >= 15 is 0 Å². The summed E-state index contributed by atoms with van der Waals surface area (Å²) in [6.45, 7) is 1.27. The van der Waals surface area contributed by atoms with Gasteiger partial charge in [0.2, 0.25) is 0 Å². The highest BCUT2D eigenvalue weighted by Crippen LogP contribution is 2.24. The molecular formula is C7H7F3N2O2. The van der Waals surface area contributed by atoms with Crippen molar-refractivity contribution in [2.45, 2.75) is 13.1 Å². The summed E-state index contributed by atoms with van der Waals surface area (Å²) in [5.74, 6) is -1.37. The molecule has 14 heavy (non-hydrogen) atoms. The van der Waals surface area contributed by atoms with Crippen molar-refractivity contribution in [2.75, 3.05) is 6.61 Å². The van der Waals surface area contributed by atoms with Crippen molar-refractivity contribution in [3.63, 3.8) is 0 Å². The van der Waals surface area contributed by atoms with Crippen LogP contribution in [0, 0.1) is 11.3 Å². The summed E-state index contributed by atoms with van der Waals surface area (Å²) < 4.78 is 40.0. The molecule has 0 atom stereocenters. The Morgan fingerprint density at radius 2 is 2.07 bits per heavy atom. The van der Waals surface area contributed by atoms with E-state index in [-0.39, 0.29) is 6.61 Å². The van der Waals surface area contributed by atoms with Crippen molar-refractivity contribution in [1.29, 1.82) is 5.26 Å². The topological polar surface area (TPSA) is 76.1 Å². The van der Waals surface area contributed by atoms with Gasteiger partial charge < -0.3 is 10.5 Å². The number of rotatable bonds is 2. The van der Waals surface area contributed by atoms with E-state index in [0.29, 0.717) is 0 Å². The van der Waals surface area contributed by atoms with Crippen LogP contribution in [0.5, 0.6) is 0 Å². The van der Waals surface area contributed by atoms with Crippen molar-refractivity contribution in [3.05, 3.63) is 11.3 Å². The summed E-state index contributed by atoms with van der Waals surface area (Å²) >= 11 is 0. The number of carbonyl (C=O) groups excluding carboxylic acids is 1. The molecule has 0 radical (unpaired) electrons. The molecule has 0 bridgehead atoms. The summed E-state index contributed by atoms with van der Waals surface area (Å²) in [4.78, 5) is 10.8. The van der Waals surface area contributed by atoms with Crippen LogP contribution in [0.15, 0.2) is 11.3 Å². The summed E-state index contributed by atoms with van der Waals surface area (Å²) in [5.41, 5.74) is 1.61. The van der Waals surface area contributed by atoms with Gasteiger partial charge in [-0.3, -0.25) is 0 Å². The minimum atomic E-state index is -4.90. The fourth-order valence-electron chi connectivity index (χ4n) is 0.561. The van der Waals surface area contributed by atoms with Crippen LogP contribution in [-0.4, -0.2) is 18.8 Å². The molecule has 0 rings (SSSR count). The molecule has 0 unspecified atom stereocenters. The Labute approximate surface area is 77.7 Å². The van der Waals surface area contributed by atoms with Crippen LogP contribution in [0.1, 0.15) is 6.92 Å². The molecule has 0 aromatic carbocycles. The van der Waals surface area contributed by atoms with E-state index in [1.807, 2.05) is 0 Å². The van der Waals surface area contributed by atoms with Crippen molar-refractivity contribution >= 4 is 5.97 Å². The smallest absolute Gasteiger partial charge is 0.432 e. The fourth-order valence-corrected chi connectivity index (χ4v) is 0.561. The Kier molecular flexibility index (Phi) is 3.95. The zero-order chi connectivity index (χ0) is 11.4. The minimum Gasteiger partial charge on any atom is -0.462 e. The van der Waals surface area contributed by atoms with Gasteiger partial charge in [0.25, 0.3) is 0 Å². The monoisotopic (exact) mass is 208 g/mol. The predicted molar refractivity (Wildman–Crippen MR) is 39.5 cm³/mol. The molecule has 0 amide bonds. The summed E-state index contributed by atoms with van der Waals surface area (Å²) in [5, 5.41) is 8.27. The van der Waals surface area contributed by atoms with Crippen molar-refractivity contribution in [3.8, 4) is 6.07 Å². The molecule has 0 heterocycles. The van der Waals surface area contributed by atoms with Gasteiger partial charge in [-0.05, 0) is 6.92 Å². The number of nitrogens with zero attached hydrogens (tertiary/aromatic N) is 1. The van der Waals surface area contributed by atoms with Crippen LogP contribution in [0.3, 0.4) is 0 Å². The molecule has 0 aliphatic carbocycles. The molecule has 2 N–H and O–H groups in total. The highest BCUT2D eigenvalue weighted by Gasteiger charge is 2.36. The average molecular weight is 208 g/mol. The van der Waals surface area contributed by atoms with Crippen LogP contribution in [0.4, 0.5) is 13.2 Å². The SMILES string of the molecule is CCOC(=O)C(C#N)=C(N)C(F)(F)F. The number of carbonyl (C=O) groups is 1. The van der Waals surface area contributed by atoms with Gasteiger partial charge in [-0.25, -0.2) is 4.79 Å². The van der Waals surface area contributed by atoms with E-state index in [2.05, 4.69) is 10.5 Å². The predicted octanol–water partition coefficient (Wildman–Crippen LogP) is 0.848. The Morgan fingerprint density at radius 3 is 2.36 bits per heavy atom. The molecule has 0 spiro atoms. The number of nitriles is 1. The molecule has 4 nitrogen and oxygen atoms in total. The molecule has 0 aliphatic heterocycles. The van der Waals surface area contributed by atoms with E-state index in [0.717, 1.165) is 6.07 Å². The van der Waals surface area contributed by atoms with Gasteiger partial charge in [-0.2, -0.15) is 18.4 Å². The van der Waals surface area contributed by atoms with Gasteiger partial charge in [0.15, 0.2) is 5.57 Å². The number of hydrogen-bond donors (Lipinski definition) is 1. The number of nitrogens with two attached hydrogens (primary N) is 1. The lowest BCUT2D eigenvalue weighted by atomic mass is 10.2. The van der Waals surface area contributed by atoms with Crippen LogP contribution < -0.4 is 5.73 Å². The summed E-state index contributed by atoms with van der Waals surface area (Å²) in [7, 11) is 0. The molecule has 0 saturated carbocycles. The second-order valence-corrected chi connectivity index (χ2v) is 2.12. The zero-order valence-corrected chi connectivity index (χ0v) is 7.18. The van der Waals surface area contributed by atoms with Crippen LogP contribution in [0.2, 0.25) is 0 Å². The van der Waals surface area contributed by atoms with Crippen molar-refractivity contribution in [1.82, 2.24) is 0 Å². The first-order chi connectivity index (χ1) is 6.34. The van der Waals surface area contributed by atoms with E-state index < -0.39 is 23.4 Å². The number of alkyl halides is 3. The molecule has 0 aliphatic rings. The molecular weight excluding hydrogens is 201 g/mol. The fraction of sp³-hybridized carbons (Fsp3) is 0.429. The van der Waals surface area contributed by atoms with E-state index in [1.54, 1.807) is 0 Å². The lowest BCUT2D eigenvalue weighted by Gasteiger charge is -2.08. The maximum atomic E-state index is 11.9. The standard InChI is InChI=1S/C7H7F3N2O2/c1-2-14-6(13)4(3-11)5(12)7(8,9)10/h2,12H2,1H3. The van der Waals surface area contributed by atoms with Crippen molar-refractivity contribution < 1.29 is 22.7 Å². The second-order valence-electron chi connectivity index (χ2n) is 2.12. The third-order valence-electron chi connectivity index (χ3n) is 1.17. The summed E-state index contributed by atoms with van der Waals surface area (Å²) in [6, 6.07) is 1.05. The number of halogens is 3. The quantitative estimate of drug-likeness (QED) is 0.414. The Balaban J connectivity index is 5.08. The van der Waals surface area contributed by atoms with Gasteiger partial charge >= 0.3 is 12.1 Å². The number of allylic oxidation sites excluding steroid dienone is 1. The molecule has 0 fully saturated rings. The zero-order valence-electron chi connectivity index (χ0n) is 7.18.